The lowest BCUT2D eigenvalue weighted by Crippen LogP contribution is -2.42. The molecular weight excluding hydrogens is 396 g/mol. The van der Waals surface area contributed by atoms with E-state index in [2.05, 4.69) is 16.4 Å². The first kappa shape index (κ1) is 18.5. The highest BCUT2D eigenvalue weighted by molar-refractivity contribution is 8.01. The molecule has 1 aromatic heterocycles. The van der Waals surface area contributed by atoms with Gasteiger partial charge in [-0.1, -0.05) is 23.9 Å². The van der Waals surface area contributed by atoms with Crippen molar-refractivity contribution in [2.75, 3.05) is 5.32 Å². The zero-order chi connectivity index (χ0) is 19.7. The summed E-state index contributed by atoms with van der Waals surface area (Å²) in [5.74, 6) is -2.67. The quantitative estimate of drug-likeness (QED) is 0.382. The topological polar surface area (TPSA) is 77.5 Å². The SMILES string of the molecule is CC1(C)OC(=O)C(=CNc2ccc(Sc3nc4ccccc4s3)cc2)C(=O)O1. The van der Waals surface area contributed by atoms with E-state index < -0.39 is 17.7 Å². The number of nitrogens with zero attached hydrogens (tertiary/aromatic N) is 1. The first-order valence-corrected chi connectivity index (χ1v) is 10.1. The monoisotopic (exact) mass is 412 g/mol. The van der Waals surface area contributed by atoms with Crippen molar-refractivity contribution in [1.82, 2.24) is 4.98 Å². The normalized spacial score (nSPS) is 15.9. The number of fused-ring (bicyclic) bond motifs is 1. The Kier molecular flexibility index (Phi) is 4.82. The van der Waals surface area contributed by atoms with E-state index in [1.165, 1.54) is 20.0 Å². The van der Waals surface area contributed by atoms with Crippen LogP contribution < -0.4 is 5.32 Å². The van der Waals surface area contributed by atoms with Crippen molar-refractivity contribution < 1.29 is 19.1 Å². The number of carbonyl (C=O) groups excluding carboxylic acids is 2. The summed E-state index contributed by atoms with van der Waals surface area (Å²) >= 11 is 3.23. The van der Waals surface area contributed by atoms with Gasteiger partial charge in [-0.25, -0.2) is 14.6 Å². The van der Waals surface area contributed by atoms with Crippen LogP contribution in [0, 0.1) is 0 Å². The van der Waals surface area contributed by atoms with Gasteiger partial charge in [0.05, 0.1) is 10.2 Å². The lowest BCUT2D eigenvalue weighted by molar-refractivity contribution is -0.222. The lowest BCUT2D eigenvalue weighted by atomic mass is 10.2. The van der Waals surface area contributed by atoms with Gasteiger partial charge in [-0.2, -0.15) is 0 Å². The molecule has 1 fully saturated rings. The Hall–Kier alpha value is -2.84. The van der Waals surface area contributed by atoms with E-state index in [4.69, 9.17) is 9.47 Å². The Morgan fingerprint density at radius 1 is 1.04 bits per heavy atom. The number of aromatic nitrogens is 1. The van der Waals surface area contributed by atoms with Gasteiger partial charge in [0.2, 0.25) is 0 Å². The van der Waals surface area contributed by atoms with Crippen molar-refractivity contribution in [3.05, 3.63) is 60.3 Å². The van der Waals surface area contributed by atoms with Crippen molar-refractivity contribution in [3.8, 4) is 0 Å². The average Bonchev–Trinajstić information content (AvgIpc) is 3.03. The van der Waals surface area contributed by atoms with E-state index in [-0.39, 0.29) is 5.57 Å². The van der Waals surface area contributed by atoms with Crippen LogP contribution in [0.5, 0.6) is 0 Å². The van der Waals surface area contributed by atoms with Crippen molar-refractivity contribution in [2.24, 2.45) is 0 Å². The third-order valence-electron chi connectivity index (χ3n) is 3.83. The maximum atomic E-state index is 11.9. The molecule has 1 aliphatic rings. The van der Waals surface area contributed by atoms with Crippen LogP contribution in [0.25, 0.3) is 10.2 Å². The predicted molar refractivity (Wildman–Crippen MR) is 108 cm³/mol. The van der Waals surface area contributed by atoms with E-state index in [1.54, 1.807) is 23.1 Å². The third kappa shape index (κ3) is 4.02. The zero-order valence-corrected chi connectivity index (χ0v) is 16.7. The molecule has 0 atom stereocenters. The number of esters is 2. The first-order valence-electron chi connectivity index (χ1n) is 8.46. The van der Waals surface area contributed by atoms with Gasteiger partial charge in [0.25, 0.3) is 5.79 Å². The van der Waals surface area contributed by atoms with Crippen LogP contribution >= 0.6 is 23.1 Å². The van der Waals surface area contributed by atoms with Crippen molar-refractivity contribution in [3.63, 3.8) is 0 Å². The number of para-hydroxylation sites is 1. The van der Waals surface area contributed by atoms with Crippen LogP contribution in [0.1, 0.15) is 13.8 Å². The van der Waals surface area contributed by atoms with Gasteiger partial charge in [-0.15, -0.1) is 11.3 Å². The molecule has 8 heteroatoms. The lowest BCUT2D eigenvalue weighted by Gasteiger charge is -2.29. The fourth-order valence-corrected chi connectivity index (χ4v) is 4.59. The van der Waals surface area contributed by atoms with Crippen LogP contribution in [0.2, 0.25) is 0 Å². The Bertz CT molecular complexity index is 1030. The van der Waals surface area contributed by atoms with Crippen LogP contribution in [-0.4, -0.2) is 22.7 Å². The van der Waals surface area contributed by atoms with Gasteiger partial charge in [-0.05, 0) is 36.4 Å². The van der Waals surface area contributed by atoms with E-state index in [0.29, 0.717) is 0 Å². The second-order valence-corrected chi connectivity index (χ2v) is 8.81. The van der Waals surface area contributed by atoms with E-state index >= 15 is 0 Å². The molecule has 1 N–H and O–H groups in total. The summed E-state index contributed by atoms with van der Waals surface area (Å²) in [5.41, 5.74) is 1.55. The summed E-state index contributed by atoms with van der Waals surface area (Å²) in [4.78, 5) is 29.5. The largest absolute Gasteiger partial charge is 0.419 e. The molecule has 1 saturated heterocycles. The number of nitrogens with one attached hydrogen (secondary N) is 1. The number of hydrogen-bond acceptors (Lipinski definition) is 8. The number of thiazole rings is 1. The van der Waals surface area contributed by atoms with Gasteiger partial charge in [0.1, 0.15) is 0 Å². The number of ether oxygens (including phenoxy) is 2. The molecule has 0 radical (unpaired) electrons. The van der Waals surface area contributed by atoms with E-state index in [9.17, 15) is 9.59 Å². The molecular formula is C20H16N2O4S2. The maximum Gasteiger partial charge on any atom is 0.350 e. The number of benzene rings is 2. The summed E-state index contributed by atoms with van der Waals surface area (Å²) in [6, 6.07) is 15.6. The minimum atomic E-state index is -1.25. The summed E-state index contributed by atoms with van der Waals surface area (Å²) in [6.45, 7) is 3.02. The molecule has 28 heavy (non-hydrogen) atoms. The Labute approximate surface area is 169 Å². The number of carbonyl (C=O) groups is 2. The molecule has 6 nitrogen and oxygen atoms in total. The molecule has 142 valence electrons. The van der Waals surface area contributed by atoms with Crippen molar-refractivity contribution in [2.45, 2.75) is 28.9 Å². The summed E-state index contributed by atoms with van der Waals surface area (Å²) < 4.78 is 12.2. The highest BCUT2D eigenvalue weighted by Gasteiger charge is 2.38. The fraction of sp³-hybridized carbons (Fsp3) is 0.150. The molecule has 1 aliphatic heterocycles. The highest BCUT2D eigenvalue weighted by atomic mass is 32.2. The second-order valence-electron chi connectivity index (χ2n) is 6.46. The number of rotatable bonds is 4. The summed E-state index contributed by atoms with van der Waals surface area (Å²) in [5, 5.41) is 2.93. The van der Waals surface area contributed by atoms with Crippen LogP contribution in [0.15, 0.2) is 69.5 Å². The fourth-order valence-electron chi connectivity index (χ4n) is 2.55. The van der Waals surface area contributed by atoms with Gasteiger partial charge < -0.3 is 14.8 Å². The molecule has 0 aliphatic carbocycles. The highest BCUT2D eigenvalue weighted by Crippen LogP contribution is 2.34. The smallest absolute Gasteiger partial charge is 0.350 e. The van der Waals surface area contributed by atoms with Crippen LogP contribution in [0.4, 0.5) is 5.69 Å². The van der Waals surface area contributed by atoms with Crippen LogP contribution in [0.3, 0.4) is 0 Å². The molecule has 2 heterocycles. The Balaban J connectivity index is 1.43. The minimum absolute atomic E-state index is 0.174. The van der Waals surface area contributed by atoms with E-state index in [0.717, 1.165) is 25.1 Å². The van der Waals surface area contributed by atoms with Gasteiger partial charge in [-0.3, -0.25) is 0 Å². The number of hydrogen-bond donors (Lipinski definition) is 1. The molecule has 0 amide bonds. The first-order chi connectivity index (χ1) is 13.4. The molecule has 2 aromatic carbocycles. The molecule has 3 aromatic rings. The van der Waals surface area contributed by atoms with Gasteiger partial charge >= 0.3 is 11.9 Å². The van der Waals surface area contributed by atoms with Crippen LogP contribution in [-0.2, 0) is 19.1 Å². The molecule has 0 bridgehead atoms. The van der Waals surface area contributed by atoms with E-state index in [1.807, 2.05) is 42.5 Å². The summed E-state index contributed by atoms with van der Waals surface area (Å²) in [6.07, 6.45) is 1.30. The standard InChI is InChI=1S/C20H16N2O4S2/c1-20(2)25-17(23)14(18(24)26-20)11-21-12-7-9-13(10-8-12)27-19-22-15-5-3-4-6-16(15)28-19/h3-11,21H,1-2H3. The average molecular weight is 412 g/mol. The zero-order valence-electron chi connectivity index (χ0n) is 15.1. The molecule has 0 unspecified atom stereocenters. The summed E-state index contributed by atoms with van der Waals surface area (Å²) in [7, 11) is 0. The number of anilines is 1. The Morgan fingerprint density at radius 3 is 2.39 bits per heavy atom. The second kappa shape index (κ2) is 7.29. The third-order valence-corrected chi connectivity index (χ3v) is 5.94. The molecule has 4 rings (SSSR count). The number of cyclic esters (lactones) is 2. The van der Waals surface area contributed by atoms with Crippen molar-refractivity contribution >= 4 is 50.9 Å². The Morgan fingerprint density at radius 2 is 1.71 bits per heavy atom. The molecule has 0 spiro atoms. The van der Waals surface area contributed by atoms with Crippen molar-refractivity contribution in [1.29, 1.82) is 0 Å². The minimum Gasteiger partial charge on any atom is -0.419 e. The van der Waals surface area contributed by atoms with Gasteiger partial charge in [0, 0.05) is 30.6 Å². The molecule has 0 saturated carbocycles. The predicted octanol–water partition coefficient (Wildman–Crippen LogP) is 4.58. The maximum absolute atomic E-state index is 11.9. The van der Waals surface area contributed by atoms with Gasteiger partial charge in [0.15, 0.2) is 9.91 Å².